The van der Waals surface area contributed by atoms with Crippen molar-refractivity contribution in [3.05, 3.63) is 84.1 Å². The number of amides is 1. The van der Waals surface area contributed by atoms with Crippen LogP contribution in [-0.4, -0.2) is 37.6 Å². The van der Waals surface area contributed by atoms with Crippen LogP contribution in [0.25, 0.3) is 10.9 Å². The third kappa shape index (κ3) is 3.21. The van der Waals surface area contributed by atoms with Crippen molar-refractivity contribution in [2.75, 3.05) is 7.05 Å². The van der Waals surface area contributed by atoms with Crippen molar-refractivity contribution in [3.63, 3.8) is 0 Å². The molecular weight excluding hydrogens is 326 g/mol. The Kier molecular flexibility index (Phi) is 4.23. The number of nitrogens with one attached hydrogen (secondary N) is 1. The first kappa shape index (κ1) is 16.1. The van der Waals surface area contributed by atoms with Gasteiger partial charge in [-0.3, -0.25) is 14.9 Å². The van der Waals surface area contributed by atoms with E-state index in [-0.39, 0.29) is 5.91 Å². The van der Waals surface area contributed by atoms with E-state index in [9.17, 15) is 4.79 Å². The van der Waals surface area contributed by atoms with Crippen LogP contribution >= 0.6 is 0 Å². The van der Waals surface area contributed by atoms with Gasteiger partial charge in [0.25, 0.3) is 5.91 Å². The fourth-order valence-electron chi connectivity index (χ4n) is 3.05. The third-order valence-corrected chi connectivity index (χ3v) is 4.36. The van der Waals surface area contributed by atoms with Gasteiger partial charge in [-0.2, -0.15) is 5.10 Å². The van der Waals surface area contributed by atoms with Gasteiger partial charge in [-0.15, -0.1) is 0 Å². The fourth-order valence-corrected chi connectivity index (χ4v) is 3.05. The number of aromatic nitrogens is 4. The van der Waals surface area contributed by atoms with Crippen LogP contribution in [0.1, 0.15) is 21.7 Å². The molecule has 0 fully saturated rings. The minimum atomic E-state index is -0.117. The highest BCUT2D eigenvalue weighted by molar-refractivity contribution is 5.92. The summed E-state index contributed by atoms with van der Waals surface area (Å²) in [6, 6.07) is 15.9. The molecule has 26 heavy (non-hydrogen) atoms. The Hall–Kier alpha value is -3.41. The van der Waals surface area contributed by atoms with Crippen molar-refractivity contribution in [3.8, 4) is 0 Å². The van der Waals surface area contributed by atoms with Gasteiger partial charge in [-0.1, -0.05) is 24.3 Å². The van der Waals surface area contributed by atoms with Crippen molar-refractivity contribution >= 4 is 16.8 Å². The summed E-state index contributed by atoms with van der Waals surface area (Å²) < 4.78 is 2.14. The second kappa shape index (κ2) is 6.84. The van der Waals surface area contributed by atoms with E-state index in [0.29, 0.717) is 18.8 Å². The maximum Gasteiger partial charge on any atom is 0.274 e. The van der Waals surface area contributed by atoms with Crippen LogP contribution in [-0.2, 0) is 13.1 Å². The molecule has 0 aliphatic heterocycles. The Labute approximate surface area is 151 Å². The molecule has 3 heterocycles. The summed E-state index contributed by atoms with van der Waals surface area (Å²) in [5.74, 6) is -0.117. The Balaban J connectivity index is 1.48. The van der Waals surface area contributed by atoms with E-state index in [4.69, 9.17) is 0 Å². The van der Waals surface area contributed by atoms with Gasteiger partial charge in [-0.25, -0.2) is 0 Å². The molecule has 1 aromatic carbocycles. The zero-order chi connectivity index (χ0) is 17.9. The van der Waals surface area contributed by atoms with E-state index in [1.807, 2.05) is 36.5 Å². The first-order valence-electron chi connectivity index (χ1n) is 8.43. The molecule has 6 heteroatoms. The number of carbonyl (C=O) groups excluding carboxylic acids is 1. The van der Waals surface area contributed by atoms with Crippen LogP contribution in [0.3, 0.4) is 0 Å². The Bertz CT molecular complexity index is 1030. The average molecular weight is 345 g/mol. The maximum absolute atomic E-state index is 12.6. The topological polar surface area (TPSA) is 66.8 Å². The average Bonchev–Trinajstić information content (AvgIpc) is 3.30. The van der Waals surface area contributed by atoms with Gasteiger partial charge in [-0.05, 0) is 35.2 Å². The third-order valence-electron chi connectivity index (χ3n) is 4.36. The number of H-pyrrole nitrogens is 1. The van der Waals surface area contributed by atoms with Crippen LogP contribution in [0.2, 0.25) is 0 Å². The lowest BCUT2D eigenvalue weighted by Crippen LogP contribution is -2.26. The molecule has 3 aromatic heterocycles. The van der Waals surface area contributed by atoms with Gasteiger partial charge in [0.15, 0.2) is 0 Å². The fraction of sp³-hybridized carbons (Fsp3) is 0.150. The van der Waals surface area contributed by atoms with E-state index in [2.05, 4.69) is 37.9 Å². The molecule has 0 radical (unpaired) electrons. The highest BCUT2D eigenvalue weighted by atomic mass is 16.2. The smallest absolute Gasteiger partial charge is 0.274 e. The number of aromatic amines is 1. The highest BCUT2D eigenvalue weighted by Gasteiger charge is 2.16. The van der Waals surface area contributed by atoms with Crippen molar-refractivity contribution in [1.29, 1.82) is 0 Å². The maximum atomic E-state index is 12.6. The minimum Gasteiger partial charge on any atom is -0.341 e. The quantitative estimate of drug-likeness (QED) is 0.604. The predicted octanol–water partition coefficient (Wildman–Crippen LogP) is 3.08. The molecular formula is C20H19N5O. The second-order valence-corrected chi connectivity index (χ2v) is 6.30. The van der Waals surface area contributed by atoms with Crippen LogP contribution in [0.5, 0.6) is 0 Å². The molecule has 0 unspecified atom stereocenters. The van der Waals surface area contributed by atoms with Gasteiger partial charge in [0, 0.05) is 37.7 Å². The van der Waals surface area contributed by atoms with Crippen molar-refractivity contribution in [2.45, 2.75) is 13.1 Å². The monoisotopic (exact) mass is 345 g/mol. The Morgan fingerprint density at radius 3 is 2.92 bits per heavy atom. The molecule has 4 rings (SSSR count). The van der Waals surface area contributed by atoms with Crippen molar-refractivity contribution in [1.82, 2.24) is 24.6 Å². The summed E-state index contributed by atoms with van der Waals surface area (Å²) in [6.07, 6.45) is 5.52. The van der Waals surface area contributed by atoms with Gasteiger partial charge in [0.05, 0.1) is 12.2 Å². The number of fused-ring (bicyclic) bond motifs is 1. The highest BCUT2D eigenvalue weighted by Crippen LogP contribution is 2.16. The van der Waals surface area contributed by atoms with Gasteiger partial charge >= 0.3 is 0 Å². The zero-order valence-electron chi connectivity index (χ0n) is 14.5. The van der Waals surface area contributed by atoms with Gasteiger partial charge in [0.1, 0.15) is 5.69 Å². The summed E-state index contributed by atoms with van der Waals surface area (Å²) in [4.78, 5) is 18.3. The first-order chi connectivity index (χ1) is 12.7. The Morgan fingerprint density at radius 1 is 1.19 bits per heavy atom. The molecule has 0 bridgehead atoms. The summed E-state index contributed by atoms with van der Waals surface area (Å²) in [5.41, 5.74) is 3.45. The largest absolute Gasteiger partial charge is 0.341 e. The number of carbonyl (C=O) groups is 1. The van der Waals surface area contributed by atoms with Crippen LogP contribution in [0.15, 0.2) is 67.1 Å². The number of pyridine rings is 1. The predicted molar refractivity (Wildman–Crippen MR) is 99.7 cm³/mol. The summed E-state index contributed by atoms with van der Waals surface area (Å²) in [6.45, 7) is 1.14. The van der Waals surface area contributed by atoms with Crippen LogP contribution in [0.4, 0.5) is 0 Å². The van der Waals surface area contributed by atoms with Gasteiger partial charge < -0.3 is 9.47 Å². The second-order valence-electron chi connectivity index (χ2n) is 6.30. The van der Waals surface area contributed by atoms with Gasteiger partial charge in [0.2, 0.25) is 0 Å². The standard InChI is InChI=1S/C20H19N5O/c1-24(13-15-5-4-9-21-12-15)20(26)18-11-17(22-23-18)14-25-10-8-16-6-2-3-7-19(16)25/h2-12H,13-14H2,1H3,(H,22,23). The molecule has 0 saturated heterocycles. The Morgan fingerprint density at radius 2 is 2.08 bits per heavy atom. The number of hydrogen-bond donors (Lipinski definition) is 1. The van der Waals surface area contributed by atoms with E-state index in [0.717, 1.165) is 16.8 Å². The molecule has 130 valence electrons. The number of hydrogen-bond acceptors (Lipinski definition) is 3. The molecule has 0 aliphatic carbocycles. The molecule has 0 aliphatic rings. The van der Waals surface area contributed by atoms with Crippen molar-refractivity contribution < 1.29 is 4.79 Å². The van der Waals surface area contributed by atoms with E-state index in [1.165, 1.54) is 5.39 Å². The lowest BCUT2D eigenvalue weighted by molar-refractivity contribution is 0.0779. The lowest BCUT2D eigenvalue weighted by Gasteiger charge is -2.15. The summed E-state index contributed by atoms with van der Waals surface area (Å²) >= 11 is 0. The molecule has 1 amide bonds. The van der Waals surface area contributed by atoms with Crippen LogP contribution < -0.4 is 0 Å². The summed E-state index contributed by atoms with van der Waals surface area (Å²) in [5, 5.41) is 8.37. The molecule has 4 aromatic rings. The molecule has 1 N–H and O–H groups in total. The number of rotatable bonds is 5. The molecule has 0 saturated carbocycles. The normalized spacial score (nSPS) is 11.0. The van der Waals surface area contributed by atoms with E-state index in [1.54, 1.807) is 24.3 Å². The number of benzene rings is 1. The summed E-state index contributed by atoms with van der Waals surface area (Å²) in [7, 11) is 1.77. The van der Waals surface area contributed by atoms with Crippen molar-refractivity contribution in [2.24, 2.45) is 0 Å². The lowest BCUT2D eigenvalue weighted by atomic mass is 10.2. The first-order valence-corrected chi connectivity index (χ1v) is 8.43. The van der Waals surface area contributed by atoms with Crippen LogP contribution in [0, 0.1) is 0 Å². The molecule has 0 spiro atoms. The molecule has 0 atom stereocenters. The number of para-hydroxylation sites is 1. The van der Waals surface area contributed by atoms with E-state index < -0.39 is 0 Å². The SMILES string of the molecule is CN(Cc1cccnc1)C(=O)c1cc(Cn2ccc3ccccc32)[nH]n1. The van der Waals surface area contributed by atoms with E-state index >= 15 is 0 Å². The zero-order valence-corrected chi connectivity index (χ0v) is 14.5. The minimum absolute atomic E-state index is 0.117. The molecule has 6 nitrogen and oxygen atoms in total. The number of nitrogens with zero attached hydrogens (tertiary/aromatic N) is 4.